The Bertz CT molecular complexity index is 446. The standard InChI is InChI=1S/C10H14N4O/c1-3-14-9(4-6-11-14)10(15)8-5-7-13(2)12-8/h4-7,10,15H,3H2,1-2H3. The van der Waals surface area contributed by atoms with Crippen molar-refractivity contribution in [2.45, 2.75) is 19.6 Å². The number of aliphatic hydroxyl groups excluding tert-OH is 1. The van der Waals surface area contributed by atoms with Crippen LogP contribution in [0.25, 0.3) is 0 Å². The molecular weight excluding hydrogens is 192 g/mol. The minimum Gasteiger partial charge on any atom is -0.380 e. The maximum atomic E-state index is 10.1. The van der Waals surface area contributed by atoms with Gasteiger partial charge in [-0.05, 0) is 19.1 Å². The summed E-state index contributed by atoms with van der Waals surface area (Å²) >= 11 is 0. The monoisotopic (exact) mass is 206 g/mol. The zero-order valence-corrected chi connectivity index (χ0v) is 8.83. The third kappa shape index (κ3) is 1.78. The molecule has 0 aliphatic rings. The fourth-order valence-electron chi connectivity index (χ4n) is 1.57. The molecule has 0 bridgehead atoms. The summed E-state index contributed by atoms with van der Waals surface area (Å²) in [6.45, 7) is 2.73. The van der Waals surface area contributed by atoms with Gasteiger partial charge in [0.1, 0.15) is 6.10 Å². The van der Waals surface area contributed by atoms with Crippen molar-refractivity contribution in [3.8, 4) is 0 Å². The third-order valence-corrected chi connectivity index (χ3v) is 2.34. The summed E-state index contributed by atoms with van der Waals surface area (Å²) in [6, 6.07) is 3.61. The van der Waals surface area contributed by atoms with Crippen LogP contribution in [-0.2, 0) is 13.6 Å². The fourth-order valence-corrected chi connectivity index (χ4v) is 1.57. The summed E-state index contributed by atoms with van der Waals surface area (Å²) in [5.41, 5.74) is 1.42. The van der Waals surface area contributed by atoms with Crippen molar-refractivity contribution in [3.63, 3.8) is 0 Å². The van der Waals surface area contributed by atoms with Gasteiger partial charge in [-0.1, -0.05) is 0 Å². The largest absolute Gasteiger partial charge is 0.380 e. The summed E-state index contributed by atoms with van der Waals surface area (Å²) in [5, 5.41) is 18.3. The van der Waals surface area contributed by atoms with Crippen LogP contribution in [0.2, 0.25) is 0 Å². The van der Waals surface area contributed by atoms with Gasteiger partial charge in [0.25, 0.3) is 0 Å². The topological polar surface area (TPSA) is 55.9 Å². The molecule has 0 spiro atoms. The summed E-state index contributed by atoms with van der Waals surface area (Å²) in [7, 11) is 1.83. The Morgan fingerprint density at radius 1 is 1.47 bits per heavy atom. The van der Waals surface area contributed by atoms with Gasteiger partial charge in [-0.25, -0.2) is 0 Å². The molecule has 15 heavy (non-hydrogen) atoms. The molecule has 0 aliphatic heterocycles. The number of aryl methyl sites for hydroxylation is 2. The van der Waals surface area contributed by atoms with Crippen molar-refractivity contribution >= 4 is 0 Å². The number of hydrogen-bond acceptors (Lipinski definition) is 3. The second-order valence-corrected chi connectivity index (χ2v) is 3.39. The van der Waals surface area contributed by atoms with E-state index >= 15 is 0 Å². The van der Waals surface area contributed by atoms with Crippen LogP contribution in [0.15, 0.2) is 24.5 Å². The molecule has 1 N–H and O–H groups in total. The highest BCUT2D eigenvalue weighted by molar-refractivity contribution is 5.17. The van der Waals surface area contributed by atoms with Gasteiger partial charge in [0.2, 0.25) is 0 Å². The Morgan fingerprint density at radius 3 is 2.87 bits per heavy atom. The number of hydrogen-bond donors (Lipinski definition) is 1. The minimum atomic E-state index is -0.700. The first-order valence-corrected chi connectivity index (χ1v) is 4.91. The van der Waals surface area contributed by atoms with Crippen molar-refractivity contribution in [1.29, 1.82) is 0 Å². The molecule has 2 heterocycles. The molecule has 2 rings (SSSR count). The van der Waals surface area contributed by atoms with Crippen LogP contribution in [0.5, 0.6) is 0 Å². The summed E-state index contributed by atoms with van der Waals surface area (Å²) in [6.07, 6.45) is 2.80. The van der Waals surface area contributed by atoms with Gasteiger partial charge in [0.15, 0.2) is 0 Å². The first kappa shape index (κ1) is 9.92. The number of nitrogens with zero attached hydrogens (tertiary/aromatic N) is 4. The SMILES string of the molecule is CCn1nccc1C(O)c1ccn(C)n1. The normalized spacial score (nSPS) is 13.0. The average Bonchev–Trinajstić information content (AvgIpc) is 2.84. The van der Waals surface area contributed by atoms with Crippen LogP contribution in [0.1, 0.15) is 24.4 Å². The maximum absolute atomic E-state index is 10.1. The van der Waals surface area contributed by atoms with Gasteiger partial charge < -0.3 is 5.11 Å². The van der Waals surface area contributed by atoms with Crippen LogP contribution in [0, 0.1) is 0 Å². The molecule has 0 saturated carbocycles. The third-order valence-electron chi connectivity index (χ3n) is 2.34. The van der Waals surface area contributed by atoms with Gasteiger partial charge in [-0.2, -0.15) is 10.2 Å². The highest BCUT2D eigenvalue weighted by Gasteiger charge is 2.16. The number of rotatable bonds is 3. The Kier molecular flexibility index (Phi) is 2.55. The first-order chi connectivity index (χ1) is 7.22. The van der Waals surface area contributed by atoms with E-state index in [4.69, 9.17) is 0 Å². The molecule has 0 aliphatic carbocycles. The smallest absolute Gasteiger partial charge is 0.139 e. The quantitative estimate of drug-likeness (QED) is 0.805. The second kappa shape index (κ2) is 3.86. The zero-order valence-electron chi connectivity index (χ0n) is 8.83. The molecule has 0 aromatic carbocycles. The van der Waals surface area contributed by atoms with E-state index in [2.05, 4.69) is 10.2 Å². The highest BCUT2D eigenvalue weighted by Crippen LogP contribution is 2.19. The lowest BCUT2D eigenvalue weighted by Gasteiger charge is -2.09. The van der Waals surface area contributed by atoms with E-state index in [-0.39, 0.29) is 0 Å². The van der Waals surface area contributed by atoms with Gasteiger partial charge >= 0.3 is 0 Å². The Balaban J connectivity index is 2.31. The predicted molar refractivity (Wildman–Crippen MR) is 55.2 cm³/mol. The van der Waals surface area contributed by atoms with Crippen molar-refractivity contribution in [2.24, 2.45) is 7.05 Å². The van der Waals surface area contributed by atoms with Crippen molar-refractivity contribution < 1.29 is 5.11 Å². The predicted octanol–water partition coefficient (Wildman–Crippen LogP) is 0.718. The van der Waals surface area contributed by atoms with Crippen LogP contribution in [-0.4, -0.2) is 24.7 Å². The summed E-state index contributed by atoms with van der Waals surface area (Å²) in [4.78, 5) is 0. The van der Waals surface area contributed by atoms with E-state index in [0.717, 1.165) is 12.2 Å². The average molecular weight is 206 g/mol. The van der Waals surface area contributed by atoms with Crippen molar-refractivity contribution in [2.75, 3.05) is 0 Å². The summed E-state index contributed by atoms with van der Waals surface area (Å²) < 4.78 is 3.44. The van der Waals surface area contributed by atoms with Crippen molar-refractivity contribution in [3.05, 3.63) is 35.9 Å². The number of aliphatic hydroxyl groups is 1. The van der Waals surface area contributed by atoms with Gasteiger partial charge in [-0.15, -0.1) is 0 Å². The first-order valence-electron chi connectivity index (χ1n) is 4.91. The van der Waals surface area contributed by atoms with Gasteiger partial charge in [0.05, 0.1) is 11.4 Å². The van der Waals surface area contributed by atoms with Crippen molar-refractivity contribution in [1.82, 2.24) is 19.6 Å². The molecule has 5 heteroatoms. The van der Waals surface area contributed by atoms with Gasteiger partial charge in [-0.3, -0.25) is 9.36 Å². The molecule has 80 valence electrons. The van der Waals surface area contributed by atoms with Gasteiger partial charge in [0, 0.05) is 26.0 Å². The van der Waals surface area contributed by atoms with E-state index in [1.54, 1.807) is 21.6 Å². The molecule has 0 radical (unpaired) electrons. The molecule has 0 fully saturated rings. The molecule has 0 amide bonds. The van der Waals surface area contributed by atoms with Crippen LogP contribution >= 0.6 is 0 Å². The lowest BCUT2D eigenvalue weighted by atomic mass is 10.2. The summed E-state index contributed by atoms with van der Waals surface area (Å²) in [5.74, 6) is 0. The van der Waals surface area contributed by atoms with Crippen LogP contribution in [0.4, 0.5) is 0 Å². The molecular formula is C10H14N4O. The Morgan fingerprint density at radius 2 is 2.27 bits per heavy atom. The molecule has 5 nitrogen and oxygen atoms in total. The second-order valence-electron chi connectivity index (χ2n) is 3.39. The lowest BCUT2D eigenvalue weighted by molar-refractivity contribution is 0.202. The number of aromatic nitrogens is 4. The molecule has 1 unspecified atom stereocenters. The maximum Gasteiger partial charge on any atom is 0.139 e. The van der Waals surface area contributed by atoms with E-state index in [1.807, 2.05) is 26.2 Å². The van der Waals surface area contributed by atoms with E-state index in [9.17, 15) is 5.11 Å². The van der Waals surface area contributed by atoms with E-state index in [0.29, 0.717) is 5.69 Å². The molecule has 1 atom stereocenters. The van der Waals surface area contributed by atoms with E-state index < -0.39 is 6.10 Å². The minimum absolute atomic E-state index is 0.646. The fraction of sp³-hybridized carbons (Fsp3) is 0.400. The Hall–Kier alpha value is -1.62. The van der Waals surface area contributed by atoms with Crippen LogP contribution < -0.4 is 0 Å². The highest BCUT2D eigenvalue weighted by atomic mass is 16.3. The Labute approximate surface area is 88.0 Å². The zero-order chi connectivity index (χ0) is 10.8. The lowest BCUT2D eigenvalue weighted by Crippen LogP contribution is -2.09. The molecule has 2 aromatic rings. The molecule has 0 saturated heterocycles. The molecule has 2 aromatic heterocycles. The van der Waals surface area contributed by atoms with E-state index in [1.165, 1.54) is 0 Å². The van der Waals surface area contributed by atoms with Crippen LogP contribution in [0.3, 0.4) is 0 Å².